The largest absolute Gasteiger partial charge is 0.496 e. The number of hydrogen-bond acceptors (Lipinski definition) is 5. The van der Waals surface area contributed by atoms with Gasteiger partial charge in [-0.2, -0.15) is 0 Å². The van der Waals surface area contributed by atoms with Gasteiger partial charge in [0.05, 0.1) is 12.6 Å². The third kappa shape index (κ3) is 3.50. The lowest BCUT2D eigenvalue weighted by Gasteiger charge is -2.35. The van der Waals surface area contributed by atoms with Crippen LogP contribution in [0.1, 0.15) is 6.92 Å². The van der Waals surface area contributed by atoms with Crippen LogP contribution in [0, 0.1) is 0 Å². The Morgan fingerprint density at radius 3 is 2.53 bits per heavy atom. The average Bonchev–Trinajstić information content (AvgIpc) is 2.82. The van der Waals surface area contributed by atoms with Crippen LogP contribution in [0.4, 0.5) is 5.82 Å². The van der Waals surface area contributed by atoms with Crippen LogP contribution in [0.25, 0.3) is 32.8 Å². The Kier molecular flexibility index (Phi) is 5.31. The molecule has 0 saturated carbocycles. The van der Waals surface area contributed by atoms with Crippen LogP contribution in [0.5, 0.6) is 5.75 Å². The van der Waals surface area contributed by atoms with Crippen molar-refractivity contribution in [2.24, 2.45) is 0 Å². The molecule has 2 heterocycles. The van der Waals surface area contributed by atoms with Crippen molar-refractivity contribution in [2.45, 2.75) is 6.92 Å². The van der Waals surface area contributed by atoms with E-state index in [1.54, 1.807) is 20.4 Å². The molecule has 0 atom stereocenters. The van der Waals surface area contributed by atoms with Crippen molar-refractivity contribution >= 4 is 45.0 Å². The van der Waals surface area contributed by atoms with Crippen LogP contribution in [0.2, 0.25) is 5.02 Å². The average molecular weight is 447 g/mol. The third-order valence-electron chi connectivity index (χ3n) is 6.11. The summed E-state index contributed by atoms with van der Waals surface area (Å²) in [4.78, 5) is 24.8. The first-order valence-electron chi connectivity index (χ1n) is 10.6. The van der Waals surface area contributed by atoms with Crippen molar-refractivity contribution in [2.75, 3.05) is 38.2 Å². The predicted octanol–water partition coefficient (Wildman–Crippen LogP) is 4.78. The number of anilines is 1. The van der Waals surface area contributed by atoms with Gasteiger partial charge in [-0.15, -0.1) is 0 Å². The van der Waals surface area contributed by atoms with Crippen molar-refractivity contribution in [3.63, 3.8) is 0 Å². The maximum absolute atomic E-state index is 11.7. The smallest absolute Gasteiger partial charge is 0.219 e. The van der Waals surface area contributed by atoms with Gasteiger partial charge in [0.2, 0.25) is 5.91 Å². The number of benzene rings is 3. The third-order valence-corrected chi connectivity index (χ3v) is 6.42. The summed E-state index contributed by atoms with van der Waals surface area (Å²) in [7, 11) is 1.67. The van der Waals surface area contributed by atoms with E-state index in [-0.39, 0.29) is 5.91 Å². The van der Waals surface area contributed by atoms with E-state index in [1.165, 1.54) is 0 Å². The normalized spacial score (nSPS) is 14.2. The van der Waals surface area contributed by atoms with Crippen LogP contribution in [0.3, 0.4) is 0 Å². The van der Waals surface area contributed by atoms with Crippen molar-refractivity contribution in [1.82, 2.24) is 14.9 Å². The molecule has 3 aromatic carbocycles. The molecular formula is C25H23ClN4O2. The number of aromatic nitrogens is 2. The Balaban J connectivity index is 1.63. The fraction of sp³-hybridized carbons (Fsp3) is 0.240. The van der Waals surface area contributed by atoms with Crippen molar-refractivity contribution < 1.29 is 9.53 Å². The topological polar surface area (TPSA) is 58.6 Å². The number of amides is 1. The van der Waals surface area contributed by atoms with Gasteiger partial charge in [-0.25, -0.2) is 9.97 Å². The number of hydrogen-bond donors (Lipinski definition) is 0. The Hall–Kier alpha value is -3.38. The van der Waals surface area contributed by atoms with Crippen molar-refractivity contribution in [3.05, 3.63) is 59.9 Å². The first-order valence-corrected chi connectivity index (χ1v) is 11.0. The van der Waals surface area contributed by atoms with E-state index < -0.39 is 0 Å². The summed E-state index contributed by atoms with van der Waals surface area (Å²) in [5, 5.41) is 3.70. The molecule has 7 heteroatoms. The quantitative estimate of drug-likeness (QED) is 0.453. The van der Waals surface area contributed by atoms with E-state index in [1.807, 2.05) is 41.3 Å². The second-order valence-electron chi connectivity index (χ2n) is 7.90. The van der Waals surface area contributed by atoms with E-state index in [4.69, 9.17) is 16.3 Å². The molecule has 1 fully saturated rings. The maximum atomic E-state index is 11.7. The fourth-order valence-corrected chi connectivity index (χ4v) is 4.70. The highest BCUT2D eigenvalue weighted by molar-refractivity contribution is 6.35. The zero-order valence-electron chi connectivity index (χ0n) is 18.0. The summed E-state index contributed by atoms with van der Waals surface area (Å²) >= 11 is 6.86. The molecule has 5 rings (SSSR count). The summed E-state index contributed by atoms with van der Waals surface area (Å²) in [6.07, 6.45) is 1.59. The molecule has 4 aromatic rings. The van der Waals surface area contributed by atoms with E-state index in [0.29, 0.717) is 18.1 Å². The van der Waals surface area contributed by atoms with Gasteiger partial charge in [-0.3, -0.25) is 4.79 Å². The van der Waals surface area contributed by atoms with Crippen LogP contribution < -0.4 is 9.64 Å². The highest BCUT2D eigenvalue weighted by Gasteiger charge is 2.22. The van der Waals surface area contributed by atoms with E-state index >= 15 is 0 Å². The summed E-state index contributed by atoms with van der Waals surface area (Å²) < 4.78 is 5.69. The molecular weight excluding hydrogens is 424 g/mol. The Labute approximate surface area is 191 Å². The van der Waals surface area contributed by atoms with Gasteiger partial charge in [0.1, 0.15) is 17.9 Å². The minimum Gasteiger partial charge on any atom is -0.496 e. The van der Waals surface area contributed by atoms with Gasteiger partial charge >= 0.3 is 0 Å². The van der Waals surface area contributed by atoms with Crippen LogP contribution in [-0.2, 0) is 4.79 Å². The number of fused-ring (bicyclic) bond motifs is 2. The maximum Gasteiger partial charge on any atom is 0.219 e. The number of carbonyl (C=O) groups is 1. The highest BCUT2D eigenvalue weighted by atomic mass is 35.5. The molecule has 1 aromatic heterocycles. The summed E-state index contributed by atoms with van der Waals surface area (Å²) in [6.45, 7) is 4.42. The molecule has 1 saturated heterocycles. The number of carbonyl (C=O) groups excluding carboxylic acids is 1. The molecule has 0 aliphatic carbocycles. The van der Waals surface area contributed by atoms with E-state index in [9.17, 15) is 4.79 Å². The molecule has 162 valence electrons. The van der Waals surface area contributed by atoms with Gasteiger partial charge in [0.25, 0.3) is 0 Å². The lowest BCUT2D eigenvalue weighted by molar-refractivity contribution is -0.129. The number of nitrogens with zero attached hydrogens (tertiary/aromatic N) is 4. The molecule has 32 heavy (non-hydrogen) atoms. The minimum absolute atomic E-state index is 0.105. The monoisotopic (exact) mass is 446 g/mol. The number of piperazine rings is 1. The second kappa shape index (κ2) is 8.28. The number of ether oxygens (including phenoxy) is 1. The van der Waals surface area contributed by atoms with Gasteiger partial charge in [-0.05, 0) is 29.0 Å². The lowest BCUT2D eigenvalue weighted by atomic mass is 9.96. The standard InChI is InChI=1S/C25H23ClN4O2/c1-16(31)29-9-11-30(12-10-29)25-20-13-21(26)19(14-22(20)27-15-28-25)24-18-6-4-3-5-17(18)7-8-23(24)32-2/h3-8,13-15H,9-12H2,1-2H3. The molecule has 0 N–H and O–H groups in total. The summed E-state index contributed by atoms with van der Waals surface area (Å²) in [5.41, 5.74) is 2.64. The summed E-state index contributed by atoms with van der Waals surface area (Å²) in [6, 6.07) is 16.2. The number of halogens is 1. The molecule has 1 aliphatic heterocycles. The predicted molar refractivity (Wildman–Crippen MR) is 129 cm³/mol. The van der Waals surface area contributed by atoms with Gasteiger partial charge in [0, 0.05) is 54.6 Å². The number of methoxy groups -OCH3 is 1. The Morgan fingerprint density at radius 1 is 1.00 bits per heavy atom. The van der Waals surface area contributed by atoms with Crippen molar-refractivity contribution in [1.29, 1.82) is 0 Å². The van der Waals surface area contributed by atoms with E-state index in [2.05, 4.69) is 27.0 Å². The molecule has 6 nitrogen and oxygen atoms in total. The fourth-order valence-electron chi connectivity index (χ4n) is 4.44. The lowest BCUT2D eigenvalue weighted by Crippen LogP contribution is -2.48. The molecule has 0 spiro atoms. The molecule has 0 bridgehead atoms. The first kappa shape index (κ1) is 20.5. The van der Waals surface area contributed by atoms with Crippen LogP contribution in [0.15, 0.2) is 54.9 Å². The minimum atomic E-state index is 0.105. The van der Waals surface area contributed by atoms with Crippen molar-refractivity contribution in [3.8, 4) is 16.9 Å². The van der Waals surface area contributed by atoms with Crippen LogP contribution >= 0.6 is 11.6 Å². The zero-order chi connectivity index (χ0) is 22.2. The van der Waals surface area contributed by atoms with Crippen LogP contribution in [-0.4, -0.2) is 54.1 Å². The molecule has 1 aliphatic rings. The second-order valence-corrected chi connectivity index (χ2v) is 8.31. The van der Waals surface area contributed by atoms with E-state index in [0.717, 1.165) is 57.5 Å². The highest BCUT2D eigenvalue weighted by Crippen LogP contribution is 2.42. The summed E-state index contributed by atoms with van der Waals surface area (Å²) in [5.74, 6) is 1.71. The number of rotatable bonds is 3. The Morgan fingerprint density at radius 2 is 1.78 bits per heavy atom. The molecule has 1 amide bonds. The SMILES string of the molecule is COc1ccc2ccccc2c1-c1cc2ncnc(N3CCN(C(C)=O)CC3)c2cc1Cl. The molecule has 0 unspecified atom stereocenters. The van der Waals surface area contributed by atoms with Gasteiger partial charge in [-0.1, -0.05) is 41.9 Å². The first-order chi connectivity index (χ1) is 15.6. The Bertz CT molecular complexity index is 1330. The van der Waals surface area contributed by atoms with Gasteiger partial charge < -0.3 is 14.5 Å². The zero-order valence-corrected chi connectivity index (χ0v) is 18.8. The van der Waals surface area contributed by atoms with Gasteiger partial charge in [0.15, 0.2) is 0 Å². The molecule has 0 radical (unpaired) electrons.